The van der Waals surface area contributed by atoms with Gasteiger partial charge in [0.25, 0.3) is 0 Å². The fourth-order valence-corrected chi connectivity index (χ4v) is 0.722. The molecule has 1 N–H and O–H groups in total. The SMILES string of the molecule is C=CC.C=[C-]/C=C(C)/C=C\C.CC.CC.[CH2-]CCNC[CH2-].[K+]. The van der Waals surface area contributed by atoms with Crippen molar-refractivity contribution in [1.29, 1.82) is 0 Å². The first-order valence-electron chi connectivity index (χ1n) is 7.82. The van der Waals surface area contributed by atoms with Gasteiger partial charge in [0.15, 0.2) is 0 Å². The molecular weight excluding hydrogens is 293 g/mol. The van der Waals surface area contributed by atoms with Gasteiger partial charge in [-0.3, -0.25) is 6.08 Å². The van der Waals surface area contributed by atoms with Gasteiger partial charge in [0.05, 0.1) is 0 Å². The molecule has 0 spiro atoms. The Bertz CT molecular complexity index is 202. The maximum Gasteiger partial charge on any atom is 1.00 e. The molecule has 0 radical (unpaired) electrons. The normalized spacial score (nSPS) is 8.14. The molecule has 0 unspecified atom stereocenters. The molecule has 22 heavy (non-hydrogen) atoms. The van der Waals surface area contributed by atoms with Crippen LogP contribution in [-0.2, 0) is 0 Å². The standard InChI is InChI=1S/C8H11.C5H11N.C3H6.2C2H6.K/c1-4-6-8(3)7-5-2;1-3-5-6-4-2;1-3-2;2*1-2;/h5-7H,1H2,2-3H3;6H,1-5H2;3H,1H2,2H3;2*1-2H3;/q-1;-2;;;;+1/b7-5-,8-6+;;;;;. The number of allylic oxidation sites excluding steroid dienone is 6. The van der Waals surface area contributed by atoms with E-state index in [9.17, 15) is 0 Å². The molecule has 0 aliphatic carbocycles. The Kier molecular flexibility index (Phi) is 100. The summed E-state index contributed by atoms with van der Waals surface area (Å²) < 4.78 is 0. The van der Waals surface area contributed by atoms with Crippen LogP contribution < -0.4 is 56.7 Å². The summed E-state index contributed by atoms with van der Waals surface area (Å²) in [6, 6.07) is 0. The number of hydrogen-bond donors (Lipinski definition) is 1. The van der Waals surface area contributed by atoms with Crippen LogP contribution in [0.15, 0.2) is 43.0 Å². The van der Waals surface area contributed by atoms with E-state index in [-0.39, 0.29) is 51.4 Å². The van der Waals surface area contributed by atoms with E-state index >= 15 is 0 Å². The molecule has 0 fully saturated rings. The molecule has 0 aromatic rings. The van der Waals surface area contributed by atoms with Crippen molar-refractivity contribution in [1.82, 2.24) is 5.32 Å². The van der Waals surface area contributed by atoms with Crippen LogP contribution in [0, 0.1) is 19.9 Å². The van der Waals surface area contributed by atoms with Crippen molar-refractivity contribution >= 4 is 0 Å². The monoisotopic (exact) mass is 333 g/mol. The Morgan fingerprint density at radius 1 is 1.14 bits per heavy atom. The van der Waals surface area contributed by atoms with E-state index in [1.54, 1.807) is 6.08 Å². The molecule has 0 heterocycles. The summed E-state index contributed by atoms with van der Waals surface area (Å²) in [6.07, 6.45) is 11.2. The predicted octanol–water partition coefficient (Wildman–Crippen LogP) is 3.38. The topological polar surface area (TPSA) is 12.0 Å². The predicted molar refractivity (Wildman–Crippen MR) is 104 cm³/mol. The third kappa shape index (κ3) is 86.1. The molecule has 0 atom stereocenters. The molecule has 0 bridgehead atoms. The molecule has 0 amide bonds. The van der Waals surface area contributed by atoms with Crippen LogP contribution in [-0.4, -0.2) is 13.1 Å². The van der Waals surface area contributed by atoms with Gasteiger partial charge in [-0.15, -0.1) is 32.2 Å². The van der Waals surface area contributed by atoms with Crippen LogP contribution in [0.4, 0.5) is 0 Å². The molecule has 0 saturated heterocycles. The minimum absolute atomic E-state index is 0. The second-order valence-corrected chi connectivity index (χ2v) is 3.10. The smallest absolute Gasteiger partial charge is 0.349 e. The molecule has 0 rings (SSSR count). The number of hydrogen-bond acceptors (Lipinski definition) is 1. The van der Waals surface area contributed by atoms with Crippen molar-refractivity contribution in [3.05, 3.63) is 63.0 Å². The average molecular weight is 334 g/mol. The molecule has 1 nitrogen and oxygen atoms in total. The molecule has 0 saturated carbocycles. The molecule has 2 heteroatoms. The fourth-order valence-electron chi connectivity index (χ4n) is 0.722. The summed E-state index contributed by atoms with van der Waals surface area (Å²) >= 11 is 0. The first-order chi connectivity index (χ1) is 10.1. The Morgan fingerprint density at radius 3 is 1.73 bits per heavy atom. The number of rotatable bonds is 5. The van der Waals surface area contributed by atoms with E-state index < -0.39 is 0 Å². The van der Waals surface area contributed by atoms with Crippen LogP contribution in [0.2, 0.25) is 0 Å². The van der Waals surface area contributed by atoms with Gasteiger partial charge in [-0.1, -0.05) is 33.8 Å². The summed E-state index contributed by atoms with van der Waals surface area (Å²) in [7, 11) is 0. The zero-order valence-corrected chi connectivity index (χ0v) is 19.9. The quantitative estimate of drug-likeness (QED) is 0.267. The second-order valence-electron chi connectivity index (χ2n) is 3.10. The zero-order chi connectivity index (χ0) is 17.9. The number of nitrogens with one attached hydrogen (secondary N) is 1. The van der Waals surface area contributed by atoms with Crippen LogP contribution in [0.1, 0.15) is 54.9 Å². The van der Waals surface area contributed by atoms with Gasteiger partial charge < -0.3 is 19.2 Å². The van der Waals surface area contributed by atoms with Crippen LogP contribution in [0.5, 0.6) is 0 Å². The molecular formula is C20H40KN-2. The minimum atomic E-state index is 0. The van der Waals surface area contributed by atoms with Crippen LogP contribution >= 0.6 is 0 Å². The summed E-state index contributed by atoms with van der Waals surface area (Å²) in [5, 5.41) is 3.02. The van der Waals surface area contributed by atoms with Crippen molar-refractivity contribution in [3.8, 4) is 0 Å². The summed E-state index contributed by atoms with van der Waals surface area (Å²) in [5.74, 6) is 0. The van der Waals surface area contributed by atoms with E-state index in [0.717, 1.165) is 19.5 Å². The largest absolute Gasteiger partial charge is 1.00 e. The fraction of sp³-hybridized carbons (Fsp3) is 0.500. The van der Waals surface area contributed by atoms with Gasteiger partial charge in [-0.05, 0) is 20.4 Å². The molecule has 128 valence electrons. The summed E-state index contributed by atoms with van der Waals surface area (Å²) in [4.78, 5) is 0. The van der Waals surface area contributed by atoms with Crippen molar-refractivity contribution in [3.63, 3.8) is 0 Å². The van der Waals surface area contributed by atoms with Crippen molar-refractivity contribution in [2.24, 2.45) is 0 Å². The molecule has 0 aromatic heterocycles. The Balaban J connectivity index is -0.0000000407. The molecule has 0 aromatic carbocycles. The third-order valence-corrected chi connectivity index (χ3v) is 1.29. The van der Waals surface area contributed by atoms with E-state index in [2.05, 4.69) is 38.4 Å². The second kappa shape index (κ2) is 57.8. The van der Waals surface area contributed by atoms with Gasteiger partial charge in [0.2, 0.25) is 0 Å². The van der Waals surface area contributed by atoms with Gasteiger partial charge in [-0.2, -0.15) is 18.6 Å². The van der Waals surface area contributed by atoms with Gasteiger partial charge >= 0.3 is 51.4 Å². The molecule has 0 aliphatic rings. The van der Waals surface area contributed by atoms with Crippen LogP contribution in [0.3, 0.4) is 0 Å². The molecule has 0 aliphatic heterocycles. The van der Waals surface area contributed by atoms with Crippen molar-refractivity contribution in [2.75, 3.05) is 13.1 Å². The minimum Gasteiger partial charge on any atom is -0.349 e. The Morgan fingerprint density at radius 2 is 1.55 bits per heavy atom. The van der Waals surface area contributed by atoms with E-state index in [1.165, 1.54) is 5.57 Å². The van der Waals surface area contributed by atoms with Gasteiger partial charge in [0, 0.05) is 0 Å². The van der Waals surface area contributed by atoms with Crippen molar-refractivity contribution < 1.29 is 51.4 Å². The van der Waals surface area contributed by atoms with Gasteiger partial charge in [-0.25, -0.2) is 6.08 Å². The Labute approximate surface area is 185 Å². The van der Waals surface area contributed by atoms with E-state index in [1.807, 2.05) is 66.7 Å². The average Bonchev–Trinajstić information content (AvgIpc) is 2.51. The van der Waals surface area contributed by atoms with E-state index in [0.29, 0.717) is 0 Å². The zero-order valence-electron chi connectivity index (χ0n) is 16.8. The van der Waals surface area contributed by atoms with E-state index in [4.69, 9.17) is 0 Å². The Hall–Kier alpha value is 0.556. The summed E-state index contributed by atoms with van der Waals surface area (Å²) in [6.45, 7) is 29.7. The first kappa shape index (κ1) is 38.2. The van der Waals surface area contributed by atoms with Crippen molar-refractivity contribution in [2.45, 2.75) is 54.9 Å². The third-order valence-electron chi connectivity index (χ3n) is 1.29. The van der Waals surface area contributed by atoms with Crippen LogP contribution in [0.25, 0.3) is 0 Å². The maximum absolute atomic E-state index is 3.63. The first-order valence-corrected chi connectivity index (χ1v) is 7.82. The van der Waals surface area contributed by atoms with Gasteiger partial charge in [0.1, 0.15) is 0 Å². The summed E-state index contributed by atoms with van der Waals surface area (Å²) in [5.41, 5.74) is 1.18. The maximum atomic E-state index is 3.63.